The van der Waals surface area contributed by atoms with E-state index in [0.29, 0.717) is 43.1 Å². The molecule has 9 heteroatoms. The van der Waals surface area contributed by atoms with Crippen molar-refractivity contribution in [1.82, 2.24) is 19.8 Å². The number of esters is 1. The van der Waals surface area contributed by atoms with Crippen LogP contribution in [0, 0.1) is 12.3 Å². The predicted octanol–water partition coefficient (Wildman–Crippen LogP) is 0.721. The number of cyclic esters (lactones) is 1. The standard InChI is InChI=1S/C21H31N5O4/c1-15-17(13-22-20(23-15)24(2)3)18(27)26-6-4-21(5-7-26)12-16(30-19(21)28)14-25-8-10-29-11-9-25/h13,16H,4-12,14H2,1-3H3. The van der Waals surface area contributed by atoms with E-state index < -0.39 is 5.41 Å². The van der Waals surface area contributed by atoms with Crippen LogP contribution in [-0.4, -0.2) is 97.8 Å². The molecule has 9 nitrogen and oxygen atoms in total. The van der Waals surface area contributed by atoms with Gasteiger partial charge in [0, 0.05) is 59.4 Å². The number of anilines is 1. The normalized spacial score (nSPS) is 24.2. The second kappa shape index (κ2) is 8.47. The van der Waals surface area contributed by atoms with Crippen LogP contribution in [0.3, 0.4) is 0 Å². The number of carbonyl (C=O) groups is 2. The summed E-state index contributed by atoms with van der Waals surface area (Å²) in [5.41, 5.74) is 0.745. The van der Waals surface area contributed by atoms with Crippen molar-refractivity contribution in [2.45, 2.75) is 32.3 Å². The van der Waals surface area contributed by atoms with E-state index >= 15 is 0 Å². The fraction of sp³-hybridized carbons (Fsp3) is 0.714. The van der Waals surface area contributed by atoms with E-state index in [0.717, 1.165) is 39.3 Å². The molecule has 1 aromatic heterocycles. The Balaban J connectivity index is 1.36. The molecule has 1 aromatic rings. The molecular weight excluding hydrogens is 386 g/mol. The highest BCUT2D eigenvalue weighted by Gasteiger charge is 2.51. The van der Waals surface area contributed by atoms with Crippen molar-refractivity contribution < 1.29 is 19.1 Å². The molecule has 3 aliphatic rings. The summed E-state index contributed by atoms with van der Waals surface area (Å²) in [6, 6.07) is 0. The van der Waals surface area contributed by atoms with Gasteiger partial charge in [0.05, 0.1) is 29.9 Å². The predicted molar refractivity (Wildman–Crippen MR) is 110 cm³/mol. The van der Waals surface area contributed by atoms with Crippen LogP contribution in [-0.2, 0) is 14.3 Å². The Morgan fingerprint density at radius 3 is 2.57 bits per heavy atom. The highest BCUT2D eigenvalue weighted by molar-refractivity contribution is 5.95. The van der Waals surface area contributed by atoms with Crippen LogP contribution in [0.1, 0.15) is 35.3 Å². The minimum absolute atomic E-state index is 0.0629. The highest BCUT2D eigenvalue weighted by Crippen LogP contribution is 2.43. The average molecular weight is 418 g/mol. The van der Waals surface area contributed by atoms with Crippen molar-refractivity contribution in [3.05, 3.63) is 17.5 Å². The maximum atomic E-state index is 13.0. The number of aromatic nitrogens is 2. The maximum absolute atomic E-state index is 13.0. The summed E-state index contributed by atoms with van der Waals surface area (Å²) in [7, 11) is 3.74. The number of likely N-dealkylation sites (tertiary alicyclic amines) is 1. The lowest BCUT2D eigenvalue weighted by molar-refractivity contribution is -0.151. The molecule has 1 spiro atoms. The first-order chi connectivity index (χ1) is 14.4. The molecule has 0 saturated carbocycles. The Morgan fingerprint density at radius 1 is 1.23 bits per heavy atom. The van der Waals surface area contributed by atoms with Crippen LogP contribution in [0.15, 0.2) is 6.20 Å². The zero-order valence-electron chi connectivity index (χ0n) is 18.1. The highest BCUT2D eigenvalue weighted by atomic mass is 16.6. The molecule has 1 amide bonds. The molecule has 0 N–H and O–H groups in total. The van der Waals surface area contributed by atoms with Gasteiger partial charge in [-0.15, -0.1) is 0 Å². The molecule has 1 atom stereocenters. The van der Waals surface area contributed by atoms with E-state index in [1.165, 1.54) is 0 Å². The van der Waals surface area contributed by atoms with Gasteiger partial charge < -0.3 is 19.3 Å². The van der Waals surface area contributed by atoms with Crippen molar-refractivity contribution in [2.75, 3.05) is 64.9 Å². The van der Waals surface area contributed by atoms with Gasteiger partial charge in [-0.2, -0.15) is 0 Å². The Kier molecular flexibility index (Phi) is 5.92. The molecule has 4 rings (SSSR count). The SMILES string of the molecule is Cc1nc(N(C)C)ncc1C(=O)N1CCC2(CC1)CC(CN1CCOCC1)OC2=O. The minimum atomic E-state index is -0.450. The molecule has 0 radical (unpaired) electrons. The summed E-state index contributed by atoms with van der Waals surface area (Å²) in [4.78, 5) is 40.4. The van der Waals surface area contributed by atoms with E-state index in [9.17, 15) is 9.59 Å². The van der Waals surface area contributed by atoms with Crippen molar-refractivity contribution in [3.8, 4) is 0 Å². The van der Waals surface area contributed by atoms with Crippen molar-refractivity contribution in [1.29, 1.82) is 0 Å². The quantitative estimate of drug-likeness (QED) is 0.663. The molecular formula is C21H31N5O4. The Labute approximate surface area is 177 Å². The topological polar surface area (TPSA) is 88.1 Å². The number of amides is 1. The van der Waals surface area contributed by atoms with Crippen LogP contribution in [0.4, 0.5) is 5.95 Å². The number of nitrogens with zero attached hydrogens (tertiary/aromatic N) is 5. The van der Waals surface area contributed by atoms with Gasteiger partial charge in [-0.05, 0) is 19.8 Å². The summed E-state index contributed by atoms with van der Waals surface area (Å²) < 4.78 is 11.1. The first kappa shape index (κ1) is 21.0. The number of piperidine rings is 1. The fourth-order valence-corrected chi connectivity index (χ4v) is 4.61. The van der Waals surface area contributed by atoms with Gasteiger partial charge >= 0.3 is 5.97 Å². The van der Waals surface area contributed by atoms with E-state index in [1.807, 2.05) is 30.8 Å². The van der Waals surface area contributed by atoms with Gasteiger partial charge in [0.2, 0.25) is 5.95 Å². The van der Waals surface area contributed by atoms with Gasteiger partial charge in [-0.1, -0.05) is 0 Å². The first-order valence-electron chi connectivity index (χ1n) is 10.7. The second-order valence-electron chi connectivity index (χ2n) is 8.78. The lowest BCUT2D eigenvalue weighted by Crippen LogP contribution is -2.45. The summed E-state index contributed by atoms with van der Waals surface area (Å²) in [5, 5.41) is 0. The van der Waals surface area contributed by atoms with Crippen molar-refractivity contribution >= 4 is 17.8 Å². The average Bonchev–Trinajstić information content (AvgIpc) is 3.03. The molecule has 0 aliphatic carbocycles. The van der Waals surface area contributed by atoms with Crippen LogP contribution in [0.2, 0.25) is 0 Å². The lowest BCUT2D eigenvalue weighted by atomic mass is 9.76. The van der Waals surface area contributed by atoms with E-state index in [1.54, 1.807) is 6.20 Å². The maximum Gasteiger partial charge on any atom is 0.312 e. The van der Waals surface area contributed by atoms with Crippen molar-refractivity contribution in [3.63, 3.8) is 0 Å². The summed E-state index contributed by atoms with van der Waals surface area (Å²) in [6.45, 7) is 6.95. The third kappa shape index (κ3) is 4.13. The van der Waals surface area contributed by atoms with Crippen LogP contribution in [0.5, 0.6) is 0 Å². The number of morpholine rings is 1. The number of ether oxygens (including phenoxy) is 2. The molecule has 0 bridgehead atoms. The van der Waals surface area contributed by atoms with Crippen LogP contribution >= 0.6 is 0 Å². The molecule has 3 aliphatic heterocycles. The lowest BCUT2D eigenvalue weighted by Gasteiger charge is -2.36. The number of hydrogen-bond acceptors (Lipinski definition) is 8. The third-order valence-electron chi connectivity index (χ3n) is 6.50. The third-order valence-corrected chi connectivity index (χ3v) is 6.50. The van der Waals surface area contributed by atoms with Gasteiger partial charge in [-0.25, -0.2) is 9.97 Å². The molecule has 30 heavy (non-hydrogen) atoms. The molecule has 164 valence electrons. The van der Waals surface area contributed by atoms with Gasteiger partial charge in [0.1, 0.15) is 6.10 Å². The largest absolute Gasteiger partial charge is 0.461 e. The van der Waals surface area contributed by atoms with Crippen molar-refractivity contribution in [2.24, 2.45) is 5.41 Å². The second-order valence-corrected chi connectivity index (χ2v) is 8.78. The van der Waals surface area contributed by atoms with Gasteiger partial charge in [-0.3, -0.25) is 14.5 Å². The molecule has 1 unspecified atom stereocenters. The minimum Gasteiger partial charge on any atom is -0.461 e. The molecule has 3 saturated heterocycles. The smallest absolute Gasteiger partial charge is 0.312 e. The van der Waals surface area contributed by atoms with Gasteiger partial charge in [0.15, 0.2) is 0 Å². The zero-order valence-corrected chi connectivity index (χ0v) is 18.1. The molecule has 0 aromatic carbocycles. The zero-order chi connectivity index (χ0) is 21.3. The number of rotatable bonds is 4. The van der Waals surface area contributed by atoms with Crippen LogP contribution < -0.4 is 4.90 Å². The number of carbonyl (C=O) groups excluding carboxylic acids is 2. The molecule has 4 heterocycles. The van der Waals surface area contributed by atoms with Gasteiger partial charge in [0.25, 0.3) is 5.91 Å². The van der Waals surface area contributed by atoms with Crippen LogP contribution in [0.25, 0.3) is 0 Å². The van der Waals surface area contributed by atoms with E-state index in [2.05, 4.69) is 14.9 Å². The summed E-state index contributed by atoms with van der Waals surface area (Å²) in [5.74, 6) is 0.424. The van der Waals surface area contributed by atoms with E-state index in [-0.39, 0.29) is 18.0 Å². The monoisotopic (exact) mass is 417 g/mol. The molecule has 3 fully saturated rings. The fourth-order valence-electron chi connectivity index (χ4n) is 4.61. The Bertz CT molecular complexity index is 801. The Hall–Kier alpha value is -2.26. The summed E-state index contributed by atoms with van der Waals surface area (Å²) in [6.07, 6.45) is 3.57. The number of hydrogen-bond donors (Lipinski definition) is 0. The Morgan fingerprint density at radius 2 is 1.93 bits per heavy atom. The van der Waals surface area contributed by atoms with E-state index in [4.69, 9.17) is 9.47 Å². The number of aryl methyl sites for hydroxylation is 1. The first-order valence-corrected chi connectivity index (χ1v) is 10.7. The summed E-state index contributed by atoms with van der Waals surface area (Å²) >= 11 is 0.